The summed E-state index contributed by atoms with van der Waals surface area (Å²) >= 11 is 5.14. The molecule has 3 aromatic carbocycles. The molecule has 2 aliphatic rings. The highest BCUT2D eigenvalue weighted by Crippen LogP contribution is 2.31. The number of para-hydroxylation sites is 1. The fourth-order valence-electron chi connectivity index (χ4n) is 4.75. The number of nitrogens with zero attached hydrogens (tertiary/aromatic N) is 2. The van der Waals surface area contributed by atoms with Crippen LogP contribution in [0.5, 0.6) is 11.5 Å². The maximum Gasteiger partial charge on any atom is 0.270 e. The lowest BCUT2D eigenvalue weighted by molar-refractivity contribution is -0.122. The third kappa shape index (κ3) is 6.12. The number of carbonyl (C=O) groups excluding carboxylic acids is 3. The molecule has 0 saturated carbocycles. The van der Waals surface area contributed by atoms with E-state index in [9.17, 15) is 18.8 Å². The van der Waals surface area contributed by atoms with E-state index in [1.54, 1.807) is 24.3 Å². The van der Waals surface area contributed by atoms with Gasteiger partial charge in [0.15, 0.2) is 16.6 Å². The van der Waals surface area contributed by atoms with Crippen LogP contribution in [0, 0.1) is 5.82 Å². The van der Waals surface area contributed by atoms with Gasteiger partial charge in [0, 0.05) is 18.7 Å². The summed E-state index contributed by atoms with van der Waals surface area (Å²) in [4.78, 5) is 41.4. The Labute approximate surface area is 242 Å². The summed E-state index contributed by atoms with van der Waals surface area (Å²) in [5.41, 5.74) is 1.76. The van der Waals surface area contributed by atoms with E-state index in [-0.39, 0.29) is 28.9 Å². The molecule has 0 aliphatic carbocycles. The van der Waals surface area contributed by atoms with E-state index in [1.807, 2.05) is 29.2 Å². The summed E-state index contributed by atoms with van der Waals surface area (Å²) < 4.78 is 25.9. The van der Waals surface area contributed by atoms with Crippen LogP contribution < -0.4 is 19.7 Å². The lowest BCUT2D eigenvalue weighted by Gasteiger charge is -2.29. The third-order valence-electron chi connectivity index (χ3n) is 6.93. The van der Waals surface area contributed by atoms with Crippen LogP contribution in [-0.2, 0) is 16.2 Å². The zero-order chi connectivity index (χ0) is 28.9. The van der Waals surface area contributed by atoms with E-state index >= 15 is 0 Å². The lowest BCUT2D eigenvalue weighted by atomic mass is 10.1. The summed E-state index contributed by atoms with van der Waals surface area (Å²) in [5.74, 6) is -1.19. The zero-order valence-electron chi connectivity index (χ0n) is 22.4. The molecule has 0 spiro atoms. The molecule has 0 radical (unpaired) electrons. The van der Waals surface area contributed by atoms with Gasteiger partial charge in [-0.1, -0.05) is 30.3 Å². The lowest BCUT2D eigenvalue weighted by Crippen LogP contribution is -2.54. The minimum Gasteiger partial charge on any atom is -0.493 e. The van der Waals surface area contributed by atoms with Gasteiger partial charge in [-0.15, -0.1) is 0 Å². The van der Waals surface area contributed by atoms with Gasteiger partial charge in [0.1, 0.15) is 18.0 Å². The molecule has 0 unspecified atom stereocenters. The largest absolute Gasteiger partial charge is 0.493 e. The van der Waals surface area contributed by atoms with Crippen LogP contribution in [0.4, 0.5) is 10.1 Å². The number of anilines is 1. The highest BCUT2D eigenvalue weighted by molar-refractivity contribution is 7.80. The molecule has 3 aromatic rings. The van der Waals surface area contributed by atoms with Crippen molar-refractivity contribution >= 4 is 46.8 Å². The number of halogens is 1. The van der Waals surface area contributed by atoms with Crippen molar-refractivity contribution in [1.82, 2.24) is 10.2 Å². The smallest absolute Gasteiger partial charge is 0.270 e. The van der Waals surface area contributed by atoms with Gasteiger partial charge in [0.2, 0.25) is 0 Å². The Bertz CT molecular complexity index is 1530. The topological polar surface area (TPSA) is 88.2 Å². The Hall–Kier alpha value is -4.57. The summed E-state index contributed by atoms with van der Waals surface area (Å²) in [6.07, 6.45) is 4.63. The predicted octanol–water partition coefficient (Wildman–Crippen LogP) is 4.87. The summed E-state index contributed by atoms with van der Waals surface area (Å²) in [6, 6.07) is 18.0. The van der Waals surface area contributed by atoms with Gasteiger partial charge in [-0.2, -0.15) is 0 Å². The predicted molar refractivity (Wildman–Crippen MR) is 156 cm³/mol. The summed E-state index contributed by atoms with van der Waals surface area (Å²) in [6.45, 7) is 1.84. The molecule has 3 amide bonds. The molecule has 2 fully saturated rings. The van der Waals surface area contributed by atoms with Crippen LogP contribution in [0.25, 0.3) is 6.08 Å². The highest BCUT2D eigenvalue weighted by Gasteiger charge is 2.35. The van der Waals surface area contributed by atoms with Gasteiger partial charge in [0.25, 0.3) is 17.7 Å². The minimum absolute atomic E-state index is 0.0486. The Morgan fingerprint density at radius 3 is 2.44 bits per heavy atom. The number of likely N-dealkylation sites (tertiary alicyclic amines) is 1. The molecule has 2 aliphatic heterocycles. The number of benzene rings is 3. The first-order chi connectivity index (χ1) is 19.9. The van der Waals surface area contributed by atoms with E-state index in [0.29, 0.717) is 22.6 Å². The molecule has 0 aromatic heterocycles. The number of carbonyl (C=O) groups is 3. The van der Waals surface area contributed by atoms with Gasteiger partial charge in [0.05, 0.1) is 12.8 Å². The number of hydrogen-bond donors (Lipinski definition) is 1. The van der Waals surface area contributed by atoms with Crippen molar-refractivity contribution in [3.8, 4) is 11.5 Å². The first-order valence-electron chi connectivity index (χ1n) is 13.2. The van der Waals surface area contributed by atoms with E-state index in [0.717, 1.165) is 42.8 Å². The second-order valence-electron chi connectivity index (χ2n) is 9.66. The second-order valence-corrected chi connectivity index (χ2v) is 10.0. The van der Waals surface area contributed by atoms with Crippen molar-refractivity contribution in [2.24, 2.45) is 0 Å². The van der Waals surface area contributed by atoms with E-state index in [1.165, 1.54) is 31.4 Å². The number of methoxy groups -OCH3 is 1. The molecule has 0 bridgehead atoms. The van der Waals surface area contributed by atoms with Crippen molar-refractivity contribution in [2.45, 2.75) is 25.9 Å². The van der Waals surface area contributed by atoms with E-state index < -0.39 is 17.6 Å². The SMILES string of the molecule is COc1cc(/C=C2\C(=O)NC(=S)N(c3ccccc3F)C2=O)ccc1OCc1ccc(C(=O)N2CCCCC2)cc1. The Kier molecular flexibility index (Phi) is 8.39. The van der Waals surface area contributed by atoms with E-state index in [4.69, 9.17) is 21.7 Å². The number of rotatable bonds is 7. The molecule has 10 heteroatoms. The number of hydrogen-bond acceptors (Lipinski definition) is 6. The average molecular weight is 574 g/mol. The first-order valence-corrected chi connectivity index (χ1v) is 13.6. The second kappa shape index (κ2) is 12.3. The van der Waals surface area contributed by atoms with Crippen LogP contribution in [0.1, 0.15) is 40.7 Å². The quantitative estimate of drug-likeness (QED) is 0.247. The van der Waals surface area contributed by atoms with Crippen molar-refractivity contribution in [2.75, 3.05) is 25.1 Å². The molecule has 5 rings (SSSR count). The van der Waals surface area contributed by atoms with Crippen molar-refractivity contribution in [1.29, 1.82) is 0 Å². The number of ether oxygens (including phenoxy) is 2. The van der Waals surface area contributed by atoms with Gasteiger partial charge in [-0.05, 0) is 85.1 Å². The zero-order valence-corrected chi connectivity index (χ0v) is 23.2. The molecule has 8 nitrogen and oxygen atoms in total. The van der Waals surface area contributed by atoms with Crippen molar-refractivity contribution in [3.63, 3.8) is 0 Å². The highest BCUT2D eigenvalue weighted by atomic mass is 32.1. The molecule has 2 saturated heterocycles. The number of nitrogens with one attached hydrogen (secondary N) is 1. The van der Waals surface area contributed by atoms with E-state index in [2.05, 4.69) is 5.32 Å². The van der Waals surface area contributed by atoms with Crippen molar-refractivity contribution < 1.29 is 28.2 Å². The maximum atomic E-state index is 14.4. The number of thiocarbonyl (C=S) groups is 1. The summed E-state index contributed by atoms with van der Waals surface area (Å²) in [5, 5.41) is 2.25. The van der Waals surface area contributed by atoms with Crippen LogP contribution in [-0.4, -0.2) is 47.9 Å². The molecule has 2 heterocycles. The molecule has 210 valence electrons. The number of piperidine rings is 1. The number of amides is 3. The van der Waals surface area contributed by atoms with Crippen LogP contribution >= 0.6 is 12.2 Å². The third-order valence-corrected chi connectivity index (χ3v) is 7.22. The minimum atomic E-state index is -0.745. The average Bonchev–Trinajstić information content (AvgIpc) is 2.99. The Morgan fingerprint density at radius 2 is 1.73 bits per heavy atom. The fourth-order valence-corrected chi connectivity index (χ4v) is 5.03. The van der Waals surface area contributed by atoms with Crippen LogP contribution in [0.15, 0.2) is 72.3 Å². The normalized spacial score (nSPS) is 16.5. The van der Waals surface area contributed by atoms with Gasteiger partial charge in [-0.3, -0.25) is 19.7 Å². The van der Waals surface area contributed by atoms with Crippen LogP contribution in [0.3, 0.4) is 0 Å². The molecular weight excluding hydrogens is 545 g/mol. The Balaban J connectivity index is 1.29. The van der Waals surface area contributed by atoms with Gasteiger partial charge >= 0.3 is 0 Å². The first kappa shape index (κ1) is 28.0. The Morgan fingerprint density at radius 1 is 1.00 bits per heavy atom. The molecule has 0 atom stereocenters. The van der Waals surface area contributed by atoms with Crippen molar-refractivity contribution in [3.05, 3.63) is 94.8 Å². The van der Waals surface area contributed by atoms with Gasteiger partial charge < -0.3 is 14.4 Å². The molecule has 1 N–H and O–H groups in total. The standard InChI is InChI=1S/C31H28FN3O5S/c1-39-27-18-21(17-23-28(36)33-31(41)35(30(23)38)25-8-4-3-7-24(25)32)11-14-26(27)40-19-20-9-12-22(13-10-20)29(37)34-15-5-2-6-16-34/h3-4,7-14,17-18H,2,5-6,15-16,19H2,1H3,(H,33,36,41)/b23-17+. The maximum absolute atomic E-state index is 14.4. The molecule has 41 heavy (non-hydrogen) atoms. The molecular formula is C31H28FN3O5S. The monoisotopic (exact) mass is 573 g/mol. The van der Waals surface area contributed by atoms with Crippen LogP contribution in [0.2, 0.25) is 0 Å². The fraction of sp³-hybridized carbons (Fsp3) is 0.226. The van der Waals surface area contributed by atoms with Gasteiger partial charge in [-0.25, -0.2) is 9.29 Å². The summed E-state index contributed by atoms with van der Waals surface area (Å²) in [7, 11) is 1.48.